The van der Waals surface area contributed by atoms with Gasteiger partial charge in [0.05, 0.1) is 5.75 Å². The summed E-state index contributed by atoms with van der Waals surface area (Å²) in [5.41, 5.74) is 3.59. The highest BCUT2D eigenvalue weighted by Crippen LogP contribution is 2.47. The maximum atomic E-state index is 12.3. The van der Waals surface area contributed by atoms with E-state index in [1.807, 2.05) is 44.2 Å². The summed E-state index contributed by atoms with van der Waals surface area (Å²) in [5.74, 6) is -0.831. The third-order valence-corrected chi connectivity index (χ3v) is 5.55. The molecule has 24 heavy (non-hydrogen) atoms. The van der Waals surface area contributed by atoms with Gasteiger partial charge in [-0.3, -0.25) is 14.5 Å². The summed E-state index contributed by atoms with van der Waals surface area (Å²) in [6, 6.07) is 9.40. The molecule has 0 spiro atoms. The number of carbonyl (C=O) groups excluding carboxylic acids is 1. The number of carbonyl (C=O) groups is 1. The van der Waals surface area contributed by atoms with Crippen molar-refractivity contribution in [3.05, 3.63) is 65.0 Å². The lowest BCUT2D eigenvalue weighted by atomic mass is 10.1. The summed E-state index contributed by atoms with van der Waals surface area (Å²) in [5, 5.41) is 0. The molecule has 0 bridgehead atoms. The van der Waals surface area contributed by atoms with Crippen molar-refractivity contribution in [2.75, 3.05) is 0 Å². The first-order chi connectivity index (χ1) is 11.4. The van der Waals surface area contributed by atoms with Gasteiger partial charge in [-0.05, 0) is 48.9 Å². The molecule has 3 rings (SSSR count). The molecule has 0 unspecified atom stereocenters. The highest BCUT2D eigenvalue weighted by atomic mass is 32.2. The highest BCUT2D eigenvalue weighted by molar-refractivity contribution is 7.89. The molecule has 1 amide bonds. The van der Waals surface area contributed by atoms with Crippen molar-refractivity contribution >= 4 is 15.9 Å². The molecule has 1 fully saturated rings. The van der Waals surface area contributed by atoms with Crippen LogP contribution in [0, 0.1) is 19.8 Å². The quantitative estimate of drug-likeness (QED) is 0.904. The Morgan fingerprint density at radius 2 is 2.08 bits per heavy atom. The number of benzene rings is 1. The molecule has 1 aliphatic carbocycles. The maximum Gasteiger partial charge on any atom is 0.239 e. The minimum Gasteiger partial charge on any atom is -0.274 e. The highest BCUT2D eigenvalue weighted by Gasteiger charge is 2.45. The van der Waals surface area contributed by atoms with Crippen LogP contribution in [0.3, 0.4) is 0 Å². The van der Waals surface area contributed by atoms with E-state index >= 15 is 0 Å². The number of amides is 1. The molecule has 1 aromatic carbocycles. The van der Waals surface area contributed by atoms with E-state index in [0.29, 0.717) is 6.42 Å². The zero-order valence-electron chi connectivity index (χ0n) is 13.7. The van der Waals surface area contributed by atoms with Crippen LogP contribution in [0.1, 0.15) is 34.6 Å². The number of sulfonamides is 1. The van der Waals surface area contributed by atoms with Gasteiger partial charge in [-0.2, -0.15) is 0 Å². The molecule has 2 atom stereocenters. The van der Waals surface area contributed by atoms with Gasteiger partial charge in [-0.1, -0.05) is 29.8 Å². The minimum atomic E-state index is -3.70. The van der Waals surface area contributed by atoms with Crippen LogP contribution in [-0.2, 0) is 20.6 Å². The second-order valence-corrected chi connectivity index (χ2v) is 8.11. The molecule has 0 radical (unpaired) electrons. The summed E-state index contributed by atoms with van der Waals surface area (Å²) < 4.78 is 26.8. The van der Waals surface area contributed by atoms with E-state index in [1.54, 1.807) is 12.4 Å². The fourth-order valence-corrected chi connectivity index (χ4v) is 4.12. The Morgan fingerprint density at radius 1 is 1.29 bits per heavy atom. The van der Waals surface area contributed by atoms with E-state index in [1.165, 1.54) is 0 Å². The van der Waals surface area contributed by atoms with Crippen LogP contribution < -0.4 is 4.72 Å². The molecule has 1 saturated carbocycles. The first-order valence-electron chi connectivity index (χ1n) is 7.86. The van der Waals surface area contributed by atoms with Crippen molar-refractivity contribution in [2.24, 2.45) is 5.92 Å². The lowest BCUT2D eigenvalue weighted by Crippen LogP contribution is -2.33. The Kier molecular flexibility index (Phi) is 4.41. The zero-order valence-corrected chi connectivity index (χ0v) is 14.5. The Hall–Kier alpha value is -2.21. The van der Waals surface area contributed by atoms with Gasteiger partial charge in [-0.15, -0.1) is 0 Å². The monoisotopic (exact) mass is 344 g/mol. The van der Waals surface area contributed by atoms with Crippen LogP contribution in [0.25, 0.3) is 0 Å². The molecule has 2 aromatic rings. The van der Waals surface area contributed by atoms with Crippen LogP contribution in [-0.4, -0.2) is 19.3 Å². The smallest absolute Gasteiger partial charge is 0.239 e. The van der Waals surface area contributed by atoms with E-state index in [4.69, 9.17) is 0 Å². The average molecular weight is 344 g/mol. The molecular formula is C18H20N2O3S. The van der Waals surface area contributed by atoms with Gasteiger partial charge < -0.3 is 0 Å². The predicted molar refractivity (Wildman–Crippen MR) is 91.8 cm³/mol. The first kappa shape index (κ1) is 16.6. The molecule has 126 valence electrons. The topological polar surface area (TPSA) is 76.1 Å². The maximum absolute atomic E-state index is 12.3. The standard InChI is InChI=1S/C18H20N2O3S/c1-12-5-6-13(2)15(8-12)11-24(22,23)20-18(21)17-9-16(17)14-4-3-7-19-10-14/h3-8,10,16-17H,9,11H2,1-2H3,(H,20,21)/t16-,17-/m0/s1. The van der Waals surface area contributed by atoms with Crippen LogP contribution in [0.5, 0.6) is 0 Å². The van der Waals surface area contributed by atoms with Gasteiger partial charge >= 0.3 is 0 Å². The van der Waals surface area contributed by atoms with Crippen molar-refractivity contribution in [2.45, 2.75) is 31.9 Å². The summed E-state index contributed by atoms with van der Waals surface area (Å²) in [7, 11) is -3.70. The number of rotatable bonds is 5. The number of aromatic nitrogens is 1. The SMILES string of the molecule is Cc1ccc(C)c(CS(=O)(=O)NC(=O)[C@H]2C[C@H]2c2cccnc2)c1. The Balaban J connectivity index is 1.65. The number of pyridine rings is 1. The fourth-order valence-electron chi connectivity index (χ4n) is 2.87. The summed E-state index contributed by atoms with van der Waals surface area (Å²) >= 11 is 0. The van der Waals surface area contributed by atoms with E-state index in [-0.39, 0.29) is 17.6 Å². The summed E-state index contributed by atoms with van der Waals surface area (Å²) in [6.45, 7) is 3.78. The molecule has 1 aliphatic rings. The van der Waals surface area contributed by atoms with Crippen LogP contribution >= 0.6 is 0 Å². The van der Waals surface area contributed by atoms with Gasteiger partial charge in [0.15, 0.2) is 0 Å². The molecule has 5 nitrogen and oxygen atoms in total. The molecule has 6 heteroatoms. The molecule has 1 aromatic heterocycles. The zero-order chi connectivity index (χ0) is 17.3. The number of hydrogen-bond donors (Lipinski definition) is 1. The molecule has 0 aliphatic heterocycles. The first-order valence-corrected chi connectivity index (χ1v) is 9.51. The molecular weight excluding hydrogens is 324 g/mol. The fraction of sp³-hybridized carbons (Fsp3) is 0.333. The second-order valence-electron chi connectivity index (χ2n) is 6.39. The van der Waals surface area contributed by atoms with Crippen LogP contribution in [0.4, 0.5) is 0 Å². The van der Waals surface area contributed by atoms with Crippen molar-refractivity contribution in [3.63, 3.8) is 0 Å². The third kappa shape index (κ3) is 3.82. The Labute approximate surface area is 142 Å². The van der Waals surface area contributed by atoms with Crippen molar-refractivity contribution < 1.29 is 13.2 Å². The average Bonchev–Trinajstić information content (AvgIpc) is 3.32. The Morgan fingerprint density at radius 3 is 2.79 bits per heavy atom. The number of nitrogens with zero attached hydrogens (tertiary/aromatic N) is 1. The van der Waals surface area contributed by atoms with E-state index in [9.17, 15) is 13.2 Å². The molecule has 0 saturated heterocycles. The molecule has 1 N–H and O–H groups in total. The lowest BCUT2D eigenvalue weighted by molar-refractivity contribution is -0.120. The second kappa shape index (κ2) is 6.36. The van der Waals surface area contributed by atoms with E-state index in [2.05, 4.69) is 9.71 Å². The Bertz CT molecular complexity index is 863. The van der Waals surface area contributed by atoms with Gasteiger partial charge in [0.2, 0.25) is 15.9 Å². The minimum absolute atomic E-state index is 0.0644. The number of hydrogen-bond acceptors (Lipinski definition) is 4. The summed E-state index contributed by atoms with van der Waals surface area (Å²) in [6.07, 6.45) is 4.06. The van der Waals surface area contributed by atoms with Crippen LogP contribution in [0.15, 0.2) is 42.7 Å². The normalized spacial score (nSPS) is 19.8. The number of nitrogens with one attached hydrogen (secondary N) is 1. The van der Waals surface area contributed by atoms with Gasteiger partial charge in [0.1, 0.15) is 0 Å². The predicted octanol–water partition coefficient (Wildman–Crippen LogP) is 2.45. The van der Waals surface area contributed by atoms with Crippen molar-refractivity contribution in [3.8, 4) is 0 Å². The van der Waals surface area contributed by atoms with E-state index in [0.717, 1.165) is 22.3 Å². The van der Waals surface area contributed by atoms with Gasteiger partial charge in [0.25, 0.3) is 0 Å². The van der Waals surface area contributed by atoms with E-state index < -0.39 is 15.9 Å². The lowest BCUT2D eigenvalue weighted by Gasteiger charge is -2.10. The third-order valence-electron chi connectivity index (χ3n) is 4.35. The van der Waals surface area contributed by atoms with Gasteiger partial charge in [-0.25, -0.2) is 8.42 Å². The van der Waals surface area contributed by atoms with Crippen molar-refractivity contribution in [1.82, 2.24) is 9.71 Å². The van der Waals surface area contributed by atoms with Crippen LogP contribution in [0.2, 0.25) is 0 Å². The number of aryl methyl sites for hydroxylation is 2. The largest absolute Gasteiger partial charge is 0.274 e. The molecule has 1 heterocycles. The summed E-state index contributed by atoms with van der Waals surface area (Å²) in [4.78, 5) is 16.3. The van der Waals surface area contributed by atoms with Gasteiger partial charge in [0, 0.05) is 18.3 Å². The van der Waals surface area contributed by atoms with Crippen molar-refractivity contribution in [1.29, 1.82) is 0 Å².